The van der Waals surface area contributed by atoms with Crippen LogP contribution in [0.25, 0.3) is 6.08 Å². The summed E-state index contributed by atoms with van der Waals surface area (Å²) in [5, 5.41) is 2.69. The first kappa shape index (κ1) is 19.3. The lowest BCUT2D eigenvalue weighted by atomic mass is 10.2. The molecule has 1 heterocycles. The Labute approximate surface area is 162 Å². The van der Waals surface area contributed by atoms with Crippen LogP contribution in [0.5, 0.6) is 17.2 Å². The minimum absolute atomic E-state index is 0.442. The standard InChI is InChI=1S/C21H21NO6/c1-14(28-20(23)10-5-15-3-7-17(25-2)8-4-15)21(24)22-16-6-9-18-19(13-16)27-12-11-26-18/h3-10,13-14H,11-12H2,1-2H3,(H,22,24)/b10-5+. The summed E-state index contributed by atoms with van der Waals surface area (Å²) >= 11 is 0. The molecule has 0 bridgehead atoms. The highest BCUT2D eigenvalue weighted by Crippen LogP contribution is 2.32. The van der Waals surface area contributed by atoms with Crippen LogP contribution in [0.1, 0.15) is 12.5 Å². The summed E-state index contributed by atoms with van der Waals surface area (Å²) in [4.78, 5) is 24.2. The van der Waals surface area contributed by atoms with Gasteiger partial charge in [-0.15, -0.1) is 0 Å². The van der Waals surface area contributed by atoms with Crippen LogP contribution in [0.4, 0.5) is 5.69 Å². The van der Waals surface area contributed by atoms with Crippen molar-refractivity contribution in [2.75, 3.05) is 25.6 Å². The molecule has 1 N–H and O–H groups in total. The van der Waals surface area contributed by atoms with Gasteiger partial charge in [0.25, 0.3) is 5.91 Å². The first-order valence-electron chi connectivity index (χ1n) is 8.78. The summed E-state index contributed by atoms with van der Waals surface area (Å²) in [6.07, 6.45) is 1.92. The molecule has 1 aliphatic rings. The summed E-state index contributed by atoms with van der Waals surface area (Å²) in [5.74, 6) is 0.871. The quantitative estimate of drug-likeness (QED) is 0.610. The van der Waals surface area contributed by atoms with Crippen molar-refractivity contribution >= 4 is 23.6 Å². The Hall–Kier alpha value is -3.48. The molecule has 2 aromatic carbocycles. The zero-order valence-electron chi connectivity index (χ0n) is 15.6. The third-order valence-corrected chi connectivity index (χ3v) is 4.00. The van der Waals surface area contributed by atoms with Gasteiger partial charge in [0.2, 0.25) is 0 Å². The second kappa shape index (κ2) is 8.94. The largest absolute Gasteiger partial charge is 0.497 e. The van der Waals surface area contributed by atoms with Crippen LogP contribution in [0.2, 0.25) is 0 Å². The van der Waals surface area contributed by atoms with E-state index in [1.807, 2.05) is 0 Å². The second-order valence-electron chi connectivity index (χ2n) is 6.03. The van der Waals surface area contributed by atoms with E-state index in [1.165, 1.54) is 13.0 Å². The average molecular weight is 383 g/mol. The van der Waals surface area contributed by atoms with E-state index in [2.05, 4.69) is 5.32 Å². The number of anilines is 1. The van der Waals surface area contributed by atoms with Crippen molar-refractivity contribution in [3.63, 3.8) is 0 Å². The fraction of sp³-hybridized carbons (Fsp3) is 0.238. The van der Waals surface area contributed by atoms with Gasteiger partial charge in [-0.05, 0) is 42.8 Å². The zero-order valence-corrected chi connectivity index (χ0v) is 15.6. The molecular formula is C21H21NO6. The van der Waals surface area contributed by atoms with E-state index < -0.39 is 18.0 Å². The highest BCUT2D eigenvalue weighted by Gasteiger charge is 2.18. The fourth-order valence-electron chi connectivity index (χ4n) is 2.51. The van der Waals surface area contributed by atoms with Crippen LogP contribution in [0.15, 0.2) is 48.5 Å². The summed E-state index contributed by atoms with van der Waals surface area (Å²) in [7, 11) is 1.58. The molecule has 146 valence electrons. The minimum Gasteiger partial charge on any atom is -0.497 e. The maximum atomic E-state index is 12.3. The van der Waals surface area contributed by atoms with Crippen LogP contribution >= 0.6 is 0 Å². The maximum absolute atomic E-state index is 12.3. The molecular weight excluding hydrogens is 362 g/mol. The predicted octanol–water partition coefficient (Wildman–Crippen LogP) is 3.05. The Balaban J connectivity index is 1.53. The lowest BCUT2D eigenvalue weighted by Gasteiger charge is -2.19. The SMILES string of the molecule is COc1ccc(/C=C/C(=O)OC(C)C(=O)Nc2ccc3c(c2)OCCO3)cc1. The summed E-state index contributed by atoms with van der Waals surface area (Å²) in [6.45, 7) is 2.46. The van der Waals surface area contributed by atoms with E-state index in [9.17, 15) is 9.59 Å². The van der Waals surface area contributed by atoms with Gasteiger partial charge in [0.1, 0.15) is 19.0 Å². The number of nitrogens with one attached hydrogen (secondary N) is 1. The molecule has 0 spiro atoms. The zero-order chi connectivity index (χ0) is 19.9. The Kier molecular flexibility index (Phi) is 6.16. The molecule has 0 fully saturated rings. The van der Waals surface area contributed by atoms with E-state index in [1.54, 1.807) is 55.7 Å². The number of methoxy groups -OCH3 is 1. The number of hydrogen-bond donors (Lipinski definition) is 1. The predicted molar refractivity (Wildman–Crippen MR) is 104 cm³/mol. The topological polar surface area (TPSA) is 83.1 Å². The average Bonchev–Trinajstić information content (AvgIpc) is 2.72. The lowest BCUT2D eigenvalue weighted by molar-refractivity contribution is -0.148. The molecule has 2 aromatic rings. The monoisotopic (exact) mass is 383 g/mol. The molecule has 0 saturated heterocycles. The van der Waals surface area contributed by atoms with Crippen molar-refractivity contribution in [2.45, 2.75) is 13.0 Å². The van der Waals surface area contributed by atoms with Crippen molar-refractivity contribution in [1.29, 1.82) is 0 Å². The molecule has 0 aromatic heterocycles. The molecule has 1 unspecified atom stereocenters. The Morgan fingerprint density at radius 3 is 2.50 bits per heavy atom. The Bertz CT molecular complexity index is 875. The lowest BCUT2D eigenvalue weighted by Crippen LogP contribution is -2.29. The van der Waals surface area contributed by atoms with Crippen LogP contribution in [-0.2, 0) is 14.3 Å². The molecule has 0 saturated carbocycles. The van der Waals surface area contributed by atoms with E-state index in [4.69, 9.17) is 18.9 Å². The van der Waals surface area contributed by atoms with Crippen molar-refractivity contribution in [3.8, 4) is 17.2 Å². The van der Waals surface area contributed by atoms with E-state index in [0.29, 0.717) is 30.4 Å². The Morgan fingerprint density at radius 2 is 1.79 bits per heavy atom. The van der Waals surface area contributed by atoms with Gasteiger partial charge in [-0.1, -0.05) is 12.1 Å². The summed E-state index contributed by atoms with van der Waals surface area (Å²) in [5.41, 5.74) is 1.34. The van der Waals surface area contributed by atoms with Crippen LogP contribution in [-0.4, -0.2) is 38.3 Å². The van der Waals surface area contributed by atoms with E-state index in [-0.39, 0.29) is 0 Å². The van der Waals surface area contributed by atoms with Gasteiger partial charge in [-0.3, -0.25) is 4.79 Å². The minimum atomic E-state index is -0.957. The van der Waals surface area contributed by atoms with Crippen LogP contribution < -0.4 is 19.5 Å². The molecule has 3 rings (SSSR count). The molecule has 0 aliphatic carbocycles. The number of esters is 1. The smallest absolute Gasteiger partial charge is 0.331 e. The van der Waals surface area contributed by atoms with Gasteiger partial charge in [-0.25, -0.2) is 4.79 Å². The molecule has 1 aliphatic heterocycles. The normalized spacial score (nSPS) is 13.6. The van der Waals surface area contributed by atoms with E-state index in [0.717, 1.165) is 11.3 Å². The van der Waals surface area contributed by atoms with Gasteiger partial charge < -0.3 is 24.3 Å². The number of ether oxygens (including phenoxy) is 4. The number of rotatable bonds is 6. The maximum Gasteiger partial charge on any atom is 0.331 e. The van der Waals surface area contributed by atoms with Crippen molar-refractivity contribution in [3.05, 3.63) is 54.1 Å². The highest BCUT2D eigenvalue weighted by atomic mass is 16.6. The molecule has 7 heteroatoms. The van der Waals surface area contributed by atoms with Gasteiger partial charge >= 0.3 is 5.97 Å². The number of carbonyl (C=O) groups excluding carboxylic acids is 2. The third kappa shape index (κ3) is 5.03. The van der Waals surface area contributed by atoms with Gasteiger partial charge in [0.15, 0.2) is 17.6 Å². The molecule has 1 atom stereocenters. The summed E-state index contributed by atoms with van der Waals surface area (Å²) in [6, 6.07) is 12.3. The summed E-state index contributed by atoms with van der Waals surface area (Å²) < 4.78 is 21.1. The molecule has 7 nitrogen and oxygen atoms in total. The first-order valence-corrected chi connectivity index (χ1v) is 8.78. The van der Waals surface area contributed by atoms with Crippen LogP contribution in [0.3, 0.4) is 0 Å². The van der Waals surface area contributed by atoms with Gasteiger partial charge in [0.05, 0.1) is 7.11 Å². The number of carbonyl (C=O) groups is 2. The molecule has 0 radical (unpaired) electrons. The number of hydrogen-bond acceptors (Lipinski definition) is 6. The highest BCUT2D eigenvalue weighted by molar-refractivity contribution is 5.96. The number of amides is 1. The Morgan fingerprint density at radius 1 is 1.07 bits per heavy atom. The number of fused-ring (bicyclic) bond motifs is 1. The van der Waals surface area contributed by atoms with Crippen molar-refractivity contribution < 1.29 is 28.5 Å². The molecule has 28 heavy (non-hydrogen) atoms. The molecule has 1 amide bonds. The first-order chi connectivity index (χ1) is 13.5. The second-order valence-corrected chi connectivity index (χ2v) is 6.03. The van der Waals surface area contributed by atoms with Gasteiger partial charge in [0, 0.05) is 17.8 Å². The number of benzene rings is 2. The fourth-order valence-corrected chi connectivity index (χ4v) is 2.51. The van der Waals surface area contributed by atoms with Crippen molar-refractivity contribution in [1.82, 2.24) is 0 Å². The van der Waals surface area contributed by atoms with Gasteiger partial charge in [-0.2, -0.15) is 0 Å². The third-order valence-electron chi connectivity index (χ3n) is 4.00. The van der Waals surface area contributed by atoms with Crippen LogP contribution in [0, 0.1) is 0 Å². The van der Waals surface area contributed by atoms with Crippen molar-refractivity contribution in [2.24, 2.45) is 0 Å². The van der Waals surface area contributed by atoms with E-state index >= 15 is 0 Å².